The maximum absolute atomic E-state index is 10.8. The summed E-state index contributed by atoms with van der Waals surface area (Å²) in [7, 11) is 0. The molecule has 1 aliphatic rings. The van der Waals surface area contributed by atoms with Crippen LogP contribution < -0.4 is 0 Å². The predicted octanol–water partition coefficient (Wildman–Crippen LogP) is 7.60. The van der Waals surface area contributed by atoms with Crippen molar-refractivity contribution in [2.75, 3.05) is 0 Å². The van der Waals surface area contributed by atoms with Gasteiger partial charge < -0.3 is 14.6 Å². The molecule has 37 heavy (non-hydrogen) atoms. The van der Waals surface area contributed by atoms with Crippen LogP contribution >= 0.6 is 0 Å². The molecule has 4 heteroatoms. The van der Waals surface area contributed by atoms with E-state index in [1.165, 1.54) is 33.4 Å². The van der Waals surface area contributed by atoms with Crippen LogP contribution in [0, 0.1) is 6.92 Å². The van der Waals surface area contributed by atoms with Gasteiger partial charge in [-0.3, -0.25) is 4.79 Å². The van der Waals surface area contributed by atoms with Crippen LogP contribution in [-0.4, -0.2) is 23.3 Å². The Morgan fingerprint density at radius 2 is 1.73 bits per heavy atom. The molecule has 0 radical (unpaired) electrons. The average Bonchev–Trinajstić information content (AvgIpc) is 2.91. The summed E-state index contributed by atoms with van der Waals surface area (Å²) in [5.74, 6) is -0.734. The second kappa shape index (κ2) is 13.6. The van der Waals surface area contributed by atoms with E-state index in [9.17, 15) is 4.79 Å². The Balaban J connectivity index is 1.47. The number of hydrogen-bond acceptors (Lipinski definition) is 3. The first-order valence-corrected chi connectivity index (χ1v) is 13.7. The van der Waals surface area contributed by atoms with Crippen molar-refractivity contribution in [1.82, 2.24) is 0 Å². The Morgan fingerprint density at radius 1 is 0.973 bits per heavy atom. The number of aryl methyl sites for hydroxylation is 2. The molecular weight excluding hydrogens is 460 g/mol. The molecule has 1 saturated heterocycles. The highest BCUT2D eigenvalue weighted by molar-refractivity contribution is 5.66. The number of carboxylic acid groups (broad SMARTS) is 1. The third-order valence-corrected chi connectivity index (χ3v) is 7.34. The SMILES string of the molecule is CCCC1CCC(OCc2ccccc2)C(c2ccc(C)c(Cc3ccc(CCCC(=O)O)cc3)c2)O1. The Bertz CT molecular complexity index is 1120. The number of hydrogen-bond donors (Lipinski definition) is 1. The third kappa shape index (κ3) is 8.02. The summed E-state index contributed by atoms with van der Waals surface area (Å²) in [5.41, 5.74) is 7.41. The molecular formula is C33H40O4. The highest BCUT2D eigenvalue weighted by Crippen LogP contribution is 2.36. The van der Waals surface area contributed by atoms with Crippen molar-refractivity contribution in [3.05, 3.63) is 106 Å². The molecule has 0 saturated carbocycles. The molecule has 4 rings (SSSR count). The number of ether oxygens (including phenoxy) is 2. The lowest BCUT2D eigenvalue weighted by Gasteiger charge is -2.37. The number of benzene rings is 3. The molecule has 1 aliphatic heterocycles. The summed E-state index contributed by atoms with van der Waals surface area (Å²) in [5, 5.41) is 8.87. The number of rotatable bonds is 12. The molecule has 3 aromatic carbocycles. The fourth-order valence-electron chi connectivity index (χ4n) is 5.19. The molecule has 3 aromatic rings. The van der Waals surface area contributed by atoms with E-state index < -0.39 is 5.97 Å². The Morgan fingerprint density at radius 3 is 2.46 bits per heavy atom. The molecule has 0 amide bonds. The van der Waals surface area contributed by atoms with Crippen molar-refractivity contribution < 1.29 is 19.4 Å². The first-order chi connectivity index (χ1) is 18.0. The molecule has 3 atom stereocenters. The van der Waals surface area contributed by atoms with Gasteiger partial charge in [-0.05, 0) is 78.8 Å². The van der Waals surface area contributed by atoms with Crippen molar-refractivity contribution in [3.63, 3.8) is 0 Å². The van der Waals surface area contributed by atoms with E-state index in [4.69, 9.17) is 14.6 Å². The number of carboxylic acids is 1. The van der Waals surface area contributed by atoms with Crippen LogP contribution in [-0.2, 0) is 33.7 Å². The molecule has 4 nitrogen and oxygen atoms in total. The normalized spacial score (nSPS) is 19.6. The summed E-state index contributed by atoms with van der Waals surface area (Å²) in [6.07, 6.45) is 7.05. The predicted molar refractivity (Wildman–Crippen MR) is 148 cm³/mol. The van der Waals surface area contributed by atoms with Crippen LogP contribution in [0.3, 0.4) is 0 Å². The molecule has 196 valence electrons. The van der Waals surface area contributed by atoms with Crippen LogP contribution in [0.25, 0.3) is 0 Å². The molecule has 1 N–H and O–H groups in total. The zero-order chi connectivity index (χ0) is 26.0. The van der Waals surface area contributed by atoms with Crippen molar-refractivity contribution in [2.45, 2.75) is 90.1 Å². The first kappa shape index (κ1) is 27.1. The van der Waals surface area contributed by atoms with Gasteiger partial charge in [0.05, 0.1) is 18.8 Å². The van der Waals surface area contributed by atoms with Crippen LogP contribution in [0.2, 0.25) is 0 Å². The van der Waals surface area contributed by atoms with Crippen LogP contribution in [0.1, 0.15) is 84.9 Å². The van der Waals surface area contributed by atoms with Gasteiger partial charge in [-0.2, -0.15) is 0 Å². The summed E-state index contributed by atoms with van der Waals surface area (Å²) >= 11 is 0. The van der Waals surface area contributed by atoms with Gasteiger partial charge in [-0.25, -0.2) is 0 Å². The van der Waals surface area contributed by atoms with E-state index in [1.54, 1.807) is 0 Å². The highest BCUT2D eigenvalue weighted by Gasteiger charge is 2.33. The van der Waals surface area contributed by atoms with Gasteiger partial charge >= 0.3 is 5.97 Å². The van der Waals surface area contributed by atoms with Crippen molar-refractivity contribution in [2.24, 2.45) is 0 Å². The minimum absolute atomic E-state index is 0.0361. The van der Waals surface area contributed by atoms with Gasteiger partial charge in [0.2, 0.25) is 0 Å². The zero-order valence-corrected chi connectivity index (χ0v) is 22.2. The highest BCUT2D eigenvalue weighted by atomic mass is 16.5. The molecule has 0 bridgehead atoms. The minimum Gasteiger partial charge on any atom is -0.481 e. The van der Waals surface area contributed by atoms with E-state index in [1.807, 2.05) is 6.07 Å². The standard InChI is InChI=1S/C33H40O4/c1-3-8-30-19-20-31(36-23-27-9-5-4-6-10-27)33(37-30)28-18-13-24(2)29(22-28)21-26-16-14-25(15-17-26)11-7-12-32(34)35/h4-6,9-10,13-18,22,30-31,33H,3,7-8,11-12,19-21,23H2,1-2H3,(H,34,35). The first-order valence-electron chi connectivity index (χ1n) is 13.7. The molecule has 1 fully saturated rings. The van der Waals surface area contributed by atoms with Gasteiger partial charge in [-0.1, -0.05) is 86.1 Å². The molecule has 1 heterocycles. The van der Waals surface area contributed by atoms with Crippen LogP contribution in [0.5, 0.6) is 0 Å². The Hall–Kier alpha value is -2.95. The lowest BCUT2D eigenvalue weighted by Crippen LogP contribution is -2.34. The van der Waals surface area contributed by atoms with E-state index in [-0.39, 0.29) is 24.7 Å². The fourth-order valence-corrected chi connectivity index (χ4v) is 5.19. The summed E-state index contributed by atoms with van der Waals surface area (Å²) in [6, 6.07) is 25.7. The van der Waals surface area contributed by atoms with Gasteiger partial charge in [-0.15, -0.1) is 0 Å². The Labute approximate surface area is 221 Å². The average molecular weight is 501 g/mol. The van der Waals surface area contributed by atoms with Gasteiger partial charge in [0.25, 0.3) is 0 Å². The van der Waals surface area contributed by atoms with Crippen molar-refractivity contribution >= 4 is 5.97 Å². The zero-order valence-electron chi connectivity index (χ0n) is 22.2. The minimum atomic E-state index is -0.734. The fraction of sp³-hybridized carbons (Fsp3) is 0.424. The smallest absolute Gasteiger partial charge is 0.303 e. The van der Waals surface area contributed by atoms with E-state index in [0.717, 1.165) is 38.5 Å². The molecule has 0 spiro atoms. The quantitative estimate of drug-likeness (QED) is 0.278. The Kier molecular flexibility index (Phi) is 9.92. The number of carbonyl (C=O) groups is 1. The second-order valence-electron chi connectivity index (χ2n) is 10.3. The third-order valence-electron chi connectivity index (χ3n) is 7.34. The molecule has 0 aromatic heterocycles. The van der Waals surface area contributed by atoms with Gasteiger partial charge in [0, 0.05) is 6.42 Å². The summed E-state index contributed by atoms with van der Waals surface area (Å²) in [4.78, 5) is 10.8. The lowest BCUT2D eigenvalue weighted by atomic mass is 9.90. The van der Waals surface area contributed by atoms with E-state index in [0.29, 0.717) is 13.0 Å². The molecule has 0 aliphatic carbocycles. The van der Waals surface area contributed by atoms with Crippen molar-refractivity contribution in [3.8, 4) is 0 Å². The largest absolute Gasteiger partial charge is 0.481 e. The second-order valence-corrected chi connectivity index (χ2v) is 10.3. The summed E-state index contributed by atoms with van der Waals surface area (Å²) in [6.45, 7) is 4.99. The number of aliphatic carboxylic acids is 1. The van der Waals surface area contributed by atoms with E-state index in [2.05, 4.69) is 80.6 Å². The topological polar surface area (TPSA) is 55.8 Å². The summed E-state index contributed by atoms with van der Waals surface area (Å²) < 4.78 is 13.1. The lowest BCUT2D eigenvalue weighted by molar-refractivity contribution is -0.148. The maximum atomic E-state index is 10.8. The van der Waals surface area contributed by atoms with Crippen LogP contribution in [0.15, 0.2) is 72.8 Å². The van der Waals surface area contributed by atoms with Crippen LogP contribution in [0.4, 0.5) is 0 Å². The van der Waals surface area contributed by atoms with Gasteiger partial charge in [0.1, 0.15) is 6.10 Å². The van der Waals surface area contributed by atoms with Crippen molar-refractivity contribution in [1.29, 1.82) is 0 Å². The van der Waals surface area contributed by atoms with E-state index >= 15 is 0 Å². The monoisotopic (exact) mass is 500 g/mol. The maximum Gasteiger partial charge on any atom is 0.303 e. The van der Waals surface area contributed by atoms with Gasteiger partial charge in [0.15, 0.2) is 0 Å². The molecule has 3 unspecified atom stereocenters.